The molecule has 1 fully saturated rings. The predicted molar refractivity (Wildman–Crippen MR) is 100 cm³/mol. The molecule has 3 aliphatic carbocycles. The first-order chi connectivity index (χ1) is 11.8. The molecule has 4 unspecified atom stereocenters. The van der Waals surface area contributed by atoms with Gasteiger partial charge in [0.1, 0.15) is 5.75 Å². The summed E-state index contributed by atoms with van der Waals surface area (Å²) in [7, 11) is 0. The molecule has 1 saturated carbocycles. The average molecular weight is 321 g/mol. The lowest BCUT2D eigenvalue weighted by atomic mass is 9.91. The van der Waals surface area contributed by atoms with Gasteiger partial charge in [0, 0.05) is 17.5 Å². The maximum Gasteiger partial charge on any atom is 0.142 e. The van der Waals surface area contributed by atoms with Crippen molar-refractivity contribution < 1.29 is 4.74 Å². The van der Waals surface area contributed by atoms with Gasteiger partial charge >= 0.3 is 0 Å². The summed E-state index contributed by atoms with van der Waals surface area (Å²) in [6, 6.07) is 8.26. The lowest BCUT2D eigenvalue weighted by Crippen LogP contribution is -2.16. The number of para-hydroxylation sites is 2. The Morgan fingerprint density at radius 3 is 2.83 bits per heavy atom. The first-order valence-corrected chi connectivity index (χ1v) is 9.32. The Hall–Kier alpha value is -1.96. The third kappa shape index (κ3) is 3.28. The Balaban J connectivity index is 1.40. The largest absolute Gasteiger partial charge is 0.491 e. The molecule has 2 heteroatoms. The van der Waals surface area contributed by atoms with Crippen LogP contribution in [0.1, 0.15) is 32.1 Å². The summed E-state index contributed by atoms with van der Waals surface area (Å²) in [6.45, 7) is 5.09. The van der Waals surface area contributed by atoms with Gasteiger partial charge in [0.05, 0.1) is 12.3 Å². The molecule has 0 heterocycles. The molecule has 0 amide bonds. The van der Waals surface area contributed by atoms with Gasteiger partial charge in [-0.15, -0.1) is 0 Å². The molecule has 2 nitrogen and oxygen atoms in total. The van der Waals surface area contributed by atoms with Crippen molar-refractivity contribution >= 4 is 5.69 Å². The van der Waals surface area contributed by atoms with Crippen molar-refractivity contribution in [2.45, 2.75) is 32.1 Å². The zero-order valence-electron chi connectivity index (χ0n) is 14.3. The standard InChI is InChI=1S/C22H27NO/c1-16(20-14-18-11-12-19(20)13-18)23-21-9-5-6-10-22(21)24-15-17-7-3-2-4-8-17/h3,5-7,9-12,17-20,23H,1-2,4,8,13-15H2. The van der Waals surface area contributed by atoms with Gasteiger partial charge in [0.15, 0.2) is 0 Å². The lowest BCUT2D eigenvalue weighted by molar-refractivity contribution is 0.264. The predicted octanol–water partition coefficient (Wildman–Crippen LogP) is 5.56. The number of hydrogen-bond acceptors (Lipinski definition) is 2. The average Bonchev–Trinajstić information content (AvgIpc) is 3.25. The quantitative estimate of drug-likeness (QED) is 0.693. The Bertz CT molecular complexity index is 660. The highest BCUT2D eigenvalue weighted by Gasteiger charge is 2.37. The smallest absolute Gasteiger partial charge is 0.142 e. The van der Waals surface area contributed by atoms with Crippen LogP contribution in [0.4, 0.5) is 5.69 Å². The van der Waals surface area contributed by atoms with Crippen LogP contribution in [0.3, 0.4) is 0 Å². The summed E-state index contributed by atoms with van der Waals surface area (Å²) < 4.78 is 6.13. The van der Waals surface area contributed by atoms with Gasteiger partial charge in [0.2, 0.25) is 0 Å². The van der Waals surface area contributed by atoms with Crippen molar-refractivity contribution in [3.8, 4) is 5.75 Å². The minimum absolute atomic E-state index is 0.547. The van der Waals surface area contributed by atoms with Gasteiger partial charge in [0.25, 0.3) is 0 Å². The van der Waals surface area contributed by atoms with Gasteiger partial charge in [-0.1, -0.05) is 43.0 Å². The number of allylic oxidation sites excluding steroid dienone is 4. The topological polar surface area (TPSA) is 21.3 Å². The van der Waals surface area contributed by atoms with Crippen LogP contribution < -0.4 is 10.1 Å². The van der Waals surface area contributed by atoms with Crippen molar-refractivity contribution in [3.63, 3.8) is 0 Å². The summed E-state index contributed by atoms with van der Waals surface area (Å²) in [5, 5.41) is 3.55. The first kappa shape index (κ1) is 15.6. The highest BCUT2D eigenvalue weighted by molar-refractivity contribution is 5.59. The van der Waals surface area contributed by atoms with Gasteiger partial charge in [-0.2, -0.15) is 0 Å². The molecule has 2 bridgehead atoms. The van der Waals surface area contributed by atoms with Crippen molar-refractivity contribution in [3.05, 3.63) is 60.8 Å². The second kappa shape index (κ2) is 6.88. The van der Waals surface area contributed by atoms with Gasteiger partial charge in [-0.3, -0.25) is 0 Å². The van der Waals surface area contributed by atoms with Crippen LogP contribution in [0.5, 0.6) is 5.75 Å². The van der Waals surface area contributed by atoms with E-state index < -0.39 is 0 Å². The summed E-state index contributed by atoms with van der Waals surface area (Å²) in [5.74, 6) is 3.50. The fraction of sp³-hybridized carbons (Fsp3) is 0.455. The van der Waals surface area contributed by atoms with Gasteiger partial charge in [-0.25, -0.2) is 0 Å². The van der Waals surface area contributed by atoms with Crippen LogP contribution in [0.25, 0.3) is 0 Å². The molecule has 0 spiro atoms. The summed E-state index contributed by atoms with van der Waals surface area (Å²) in [6.07, 6.45) is 15.6. The molecule has 0 radical (unpaired) electrons. The molecule has 0 saturated heterocycles. The third-order valence-corrected chi connectivity index (χ3v) is 5.72. The Kier molecular flexibility index (Phi) is 4.46. The Morgan fingerprint density at radius 2 is 2.08 bits per heavy atom. The van der Waals surface area contributed by atoms with E-state index in [-0.39, 0.29) is 0 Å². The van der Waals surface area contributed by atoms with Crippen molar-refractivity contribution in [2.75, 3.05) is 11.9 Å². The van der Waals surface area contributed by atoms with Crippen LogP contribution >= 0.6 is 0 Å². The second-order valence-corrected chi connectivity index (χ2v) is 7.46. The number of hydrogen-bond donors (Lipinski definition) is 1. The minimum Gasteiger partial charge on any atom is -0.491 e. The molecule has 126 valence electrons. The molecule has 1 aromatic carbocycles. The second-order valence-electron chi connectivity index (χ2n) is 7.46. The van der Waals surface area contributed by atoms with E-state index in [1.165, 1.54) is 32.1 Å². The molecule has 4 atom stereocenters. The van der Waals surface area contributed by atoms with E-state index in [9.17, 15) is 0 Å². The molecular weight excluding hydrogens is 294 g/mol. The summed E-state index contributed by atoms with van der Waals surface area (Å²) in [4.78, 5) is 0. The van der Waals surface area contributed by atoms with Gasteiger partial charge in [-0.05, 0) is 56.1 Å². The van der Waals surface area contributed by atoms with Crippen LogP contribution in [-0.4, -0.2) is 6.61 Å². The Labute approximate surface area is 145 Å². The highest BCUT2D eigenvalue weighted by atomic mass is 16.5. The SMILES string of the molecule is C=C(Nc1ccccc1OCC1C=CCCC1)C1CC2C=CC1C2. The Morgan fingerprint density at radius 1 is 1.17 bits per heavy atom. The highest BCUT2D eigenvalue weighted by Crippen LogP contribution is 2.46. The maximum atomic E-state index is 6.13. The summed E-state index contributed by atoms with van der Waals surface area (Å²) in [5.41, 5.74) is 2.19. The minimum atomic E-state index is 0.547. The van der Waals surface area contributed by atoms with E-state index in [2.05, 4.69) is 54.4 Å². The number of anilines is 1. The fourth-order valence-corrected chi connectivity index (χ4v) is 4.36. The van der Waals surface area contributed by atoms with Crippen molar-refractivity contribution in [1.29, 1.82) is 0 Å². The molecule has 1 N–H and O–H groups in total. The number of rotatable bonds is 6. The molecule has 0 aliphatic heterocycles. The van der Waals surface area contributed by atoms with Crippen LogP contribution in [0, 0.1) is 23.7 Å². The van der Waals surface area contributed by atoms with E-state index in [1.54, 1.807) is 0 Å². The van der Waals surface area contributed by atoms with Crippen molar-refractivity contribution in [2.24, 2.45) is 23.7 Å². The van der Waals surface area contributed by atoms with Crippen LogP contribution in [0.2, 0.25) is 0 Å². The molecular formula is C22H27NO. The lowest BCUT2D eigenvalue weighted by Gasteiger charge is -2.24. The number of nitrogens with one attached hydrogen (secondary N) is 1. The fourth-order valence-electron chi connectivity index (χ4n) is 4.36. The van der Waals surface area contributed by atoms with E-state index >= 15 is 0 Å². The maximum absolute atomic E-state index is 6.13. The van der Waals surface area contributed by atoms with Crippen molar-refractivity contribution in [1.82, 2.24) is 0 Å². The van der Waals surface area contributed by atoms with Crippen LogP contribution in [-0.2, 0) is 0 Å². The molecule has 3 aliphatic rings. The third-order valence-electron chi connectivity index (χ3n) is 5.72. The molecule has 1 aromatic rings. The summed E-state index contributed by atoms with van der Waals surface area (Å²) >= 11 is 0. The van der Waals surface area contributed by atoms with E-state index in [0.717, 1.165) is 29.7 Å². The monoisotopic (exact) mass is 321 g/mol. The number of ether oxygens (including phenoxy) is 1. The number of benzene rings is 1. The van der Waals surface area contributed by atoms with Gasteiger partial charge < -0.3 is 10.1 Å². The molecule has 4 rings (SSSR count). The van der Waals surface area contributed by atoms with E-state index in [4.69, 9.17) is 4.74 Å². The van der Waals surface area contributed by atoms with E-state index in [0.29, 0.717) is 17.8 Å². The zero-order chi connectivity index (χ0) is 16.4. The molecule has 0 aromatic heterocycles. The molecule has 24 heavy (non-hydrogen) atoms. The normalized spacial score (nSPS) is 30.5. The zero-order valence-corrected chi connectivity index (χ0v) is 14.3. The first-order valence-electron chi connectivity index (χ1n) is 9.32. The van der Waals surface area contributed by atoms with Crippen LogP contribution in [0.15, 0.2) is 60.8 Å². The van der Waals surface area contributed by atoms with E-state index in [1.807, 2.05) is 6.07 Å². The number of fused-ring (bicyclic) bond motifs is 2.